The molecule has 0 atom stereocenters. The first kappa shape index (κ1) is 18.2. The molecule has 25 heavy (non-hydrogen) atoms. The predicted octanol–water partition coefficient (Wildman–Crippen LogP) is 3.84. The lowest BCUT2D eigenvalue weighted by Crippen LogP contribution is -2.47. The maximum absolute atomic E-state index is 12.3. The number of halogens is 1. The molecule has 1 aliphatic heterocycles. The zero-order chi connectivity index (χ0) is 18.2. The van der Waals surface area contributed by atoms with Gasteiger partial charge >= 0.3 is 6.09 Å². The molecule has 1 aliphatic carbocycles. The average molecular weight is 367 g/mol. The van der Waals surface area contributed by atoms with Gasteiger partial charge in [0, 0.05) is 37.9 Å². The molecule has 0 aromatic carbocycles. The first-order valence-corrected chi connectivity index (χ1v) is 9.35. The number of ether oxygens (including phenoxy) is 1. The minimum atomic E-state index is -0.469. The second-order valence-corrected chi connectivity index (χ2v) is 8.34. The van der Waals surface area contributed by atoms with Gasteiger partial charge in [-0.25, -0.2) is 14.8 Å². The van der Waals surface area contributed by atoms with Crippen molar-refractivity contribution in [3.8, 4) is 0 Å². The standard InChI is InChI=1S/C18H27ClN4O2/c1-18(2,3)25-17(24)22(4)13-7-9-23(10-8-13)15-14(12-5-6-12)11-20-16(19)21-15/h11-13H,5-10H2,1-4H3. The largest absolute Gasteiger partial charge is 0.444 e. The van der Waals surface area contributed by atoms with E-state index in [4.69, 9.17) is 16.3 Å². The fourth-order valence-electron chi connectivity index (χ4n) is 3.24. The molecule has 0 spiro atoms. The molecule has 0 radical (unpaired) electrons. The van der Waals surface area contributed by atoms with Gasteiger partial charge in [0.25, 0.3) is 0 Å². The third-order valence-electron chi connectivity index (χ3n) is 4.78. The second kappa shape index (κ2) is 6.98. The Kier molecular flexibility index (Phi) is 5.09. The summed E-state index contributed by atoms with van der Waals surface area (Å²) in [6, 6.07) is 0.188. The first-order valence-electron chi connectivity index (χ1n) is 8.98. The van der Waals surface area contributed by atoms with Gasteiger partial charge in [-0.2, -0.15) is 0 Å². The summed E-state index contributed by atoms with van der Waals surface area (Å²) in [6.45, 7) is 7.37. The summed E-state index contributed by atoms with van der Waals surface area (Å²) in [5, 5.41) is 0.299. The molecular weight excluding hydrogens is 340 g/mol. The average Bonchev–Trinajstić information content (AvgIpc) is 3.37. The Bertz CT molecular complexity index is 634. The quantitative estimate of drug-likeness (QED) is 0.760. The van der Waals surface area contributed by atoms with Crippen LogP contribution in [0.5, 0.6) is 0 Å². The lowest BCUT2D eigenvalue weighted by Gasteiger charge is -2.38. The normalized spacial score (nSPS) is 19.0. The van der Waals surface area contributed by atoms with Crippen LogP contribution in [0.1, 0.15) is 57.9 Å². The molecule has 1 saturated carbocycles. The van der Waals surface area contributed by atoms with E-state index in [2.05, 4.69) is 14.9 Å². The molecule has 1 aromatic rings. The number of hydrogen-bond donors (Lipinski definition) is 0. The van der Waals surface area contributed by atoms with Crippen molar-refractivity contribution in [3.63, 3.8) is 0 Å². The van der Waals surface area contributed by atoms with Crippen molar-refractivity contribution in [2.75, 3.05) is 25.0 Å². The van der Waals surface area contributed by atoms with Gasteiger partial charge in [0.2, 0.25) is 5.28 Å². The Balaban J connectivity index is 1.62. The Morgan fingerprint density at radius 3 is 2.48 bits per heavy atom. The zero-order valence-electron chi connectivity index (χ0n) is 15.5. The monoisotopic (exact) mass is 366 g/mol. The van der Waals surface area contributed by atoms with Crippen LogP contribution < -0.4 is 4.90 Å². The van der Waals surface area contributed by atoms with Crippen molar-refractivity contribution in [1.82, 2.24) is 14.9 Å². The van der Waals surface area contributed by atoms with E-state index < -0.39 is 5.60 Å². The fourth-order valence-corrected chi connectivity index (χ4v) is 3.37. The Morgan fingerprint density at radius 2 is 1.92 bits per heavy atom. The highest BCUT2D eigenvalue weighted by Gasteiger charge is 2.33. The maximum atomic E-state index is 12.3. The van der Waals surface area contributed by atoms with Crippen LogP contribution in [0.3, 0.4) is 0 Å². The summed E-state index contributed by atoms with van der Waals surface area (Å²) in [6.07, 6.45) is 5.81. The molecule has 0 N–H and O–H groups in total. The van der Waals surface area contributed by atoms with Crippen molar-refractivity contribution in [3.05, 3.63) is 17.0 Å². The Labute approximate surface area is 154 Å². The molecule has 7 heteroatoms. The van der Waals surface area contributed by atoms with Crippen LogP contribution in [0.4, 0.5) is 10.6 Å². The number of aromatic nitrogens is 2. The number of anilines is 1. The molecule has 0 unspecified atom stereocenters. The van der Waals surface area contributed by atoms with Crippen LogP contribution in [-0.2, 0) is 4.74 Å². The minimum absolute atomic E-state index is 0.188. The summed E-state index contributed by atoms with van der Waals surface area (Å²) in [5.41, 5.74) is 0.742. The summed E-state index contributed by atoms with van der Waals surface area (Å²) in [4.78, 5) is 24.9. The van der Waals surface area contributed by atoms with Crippen LogP contribution in [0, 0.1) is 0 Å². The van der Waals surface area contributed by atoms with Gasteiger partial charge < -0.3 is 14.5 Å². The molecule has 2 heterocycles. The Morgan fingerprint density at radius 1 is 1.28 bits per heavy atom. The van der Waals surface area contributed by atoms with Crippen molar-refractivity contribution in [2.45, 2.75) is 64.0 Å². The van der Waals surface area contributed by atoms with Crippen molar-refractivity contribution in [1.29, 1.82) is 0 Å². The topological polar surface area (TPSA) is 58.6 Å². The molecule has 6 nitrogen and oxygen atoms in total. The highest BCUT2D eigenvalue weighted by molar-refractivity contribution is 6.28. The lowest BCUT2D eigenvalue weighted by atomic mass is 10.0. The molecule has 1 amide bonds. The van der Waals surface area contributed by atoms with Crippen molar-refractivity contribution in [2.24, 2.45) is 0 Å². The van der Waals surface area contributed by atoms with E-state index in [9.17, 15) is 4.79 Å². The van der Waals surface area contributed by atoms with Crippen LogP contribution in [0.2, 0.25) is 5.28 Å². The number of amides is 1. The van der Waals surface area contributed by atoms with Crippen LogP contribution in [-0.4, -0.2) is 52.7 Å². The molecular formula is C18H27ClN4O2. The van der Waals surface area contributed by atoms with Gasteiger partial charge in [0.1, 0.15) is 11.4 Å². The number of piperidine rings is 1. The molecule has 2 fully saturated rings. The van der Waals surface area contributed by atoms with Crippen LogP contribution in [0.25, 0.3) is 0 Å². The molecule has 138 valence electrons. The number of carbonyl (C=O) groups excluding carboxylic acids is 1. The third-order valence-corrected chi connectivity index (χ3v) is 4.96. The van der Waals surface area contributed by atoms with E-state index in [1.807, 2.05) is 34.0 Å². The van der Waals surface area contributed by atoms with Gasteiger partial charge in [-0.1, -0.05) is 0 Å². The zero-order valence-corrected chi connectivity index (χ0v) is 16.2. The van der Waals surface area contributed by atoms with Crippen LogP contribution >= 0.6 is 11.6 Å². The van der Waals surface area contributed by atoms with Crippen molar-refractivity contribution < 1.29 is 9.53 Å². The maximum Gasteiger partial charge on any atom is 0.410 e. The number of rotatable bonds is 3. The van der Waals surface area contributed by atoms with E-state index in [1.54, 1.807) is 4.90 Å². The van der Waals surface area contributed by atoms with E-state index in [0.29, 0.717) is 11.2 Å². The summed E-state index contributed by atoms with van der Waals surface area (Å²) in [7, 11) is 1.82. The first-order chi connectivity index (χ1) is 11.7. The number of hydrogen-bond acceptors (Lipinski definition) is 5. The smallest absolute Gasteiger partial charge is 0.410 e. The lowest BCUT2D eigenvalue weighted by molar-refractivity contribution is 0.0201. The highest BCUT2D eigenvalue weighted by atomic mass is 35.5. The number of nitrogens with zero attached hydrogens (tertiary/aromatic N) is 4. The molecule has 2 aliphatic rings. The summed E-state index contributed by atoms with van der Waals surface area (Å²) >= 11 is 6.02. The Hall–Kier alpha value is -1.56. The molecule has 1 aromatic heterocycles. The van der Waals surface area contributed by atoms with Crippen molar-refractivity contribution >= 4 is 23.5 Å². The van der Waals surface area contributed by atoms with Gasteiger partial charge in [-0.15, -0.1) is 0 Å². The molecule has 0 bridgehead atoms. The highest BCUT2D eigenvalue weighted by Crippen LogP contribution is 2.44. The van der Waals surface area contributed by atoms with Gasteiger partial charge in [0.15, 0.2) is 0 Å². The van der Waals surface area contributed by atoms with E-state index in [0.717, 1.165) is 31.7 Å². The van der Waals surface area contributed by atoms with Gasteiger partial charge in [-0.05, 0) is 64.0 Å². The summed E-state index contributed by atoms with van der Waals surface area (Å²) < 4.78 is 5.47. The minimum Gasteiger partial charge on any atom is -0.444 e. The van der Waals surface area contributed by atoms with E-state index in [1.165, 1.54) is 18.4 Å². The predicted molar refractivity (Wildman–Crippen MR) is 98.2 cm³/mol. The van der Waals surface area contributed by atoms with E-state index >= 15 is 0 Å². The van der Waals surface area contributed by atoms with Gasteiger partial charge in [0.05, 0.1) is 0 Å². The van der Waals surface area contributed by atoms with E-state index in [-0.39, 0.29) is 12.1 Å². The second-order valence-electron chi connectivity index (χ2n) is 8.00. The summed E-state index contributed by atoms with van der Waals surface area (Å²) in [5.74, 6) is 1.55. The van der Waals surface area contributed by atoms with Gasteiger partial charge in [-0.3, -0.25) is 0 Å². The van der Waals surface area contributed by atoms with Crippen LogP contribution in [0.15, 0.2) is 6.20 Å². The SMILES string of the molecule is CN(C(=O)OC(C)(C)C)C1CCN(c2nc(Cl)ncc2C2CC2)CC1. The molecule has 3 rings (SSSR count). The fraction of sp³-hybridized carbons (Fsp3) is 0.722. The molecule has 1 saturated heterocycles. The number of carbonyl (C=O) groups is 1. The third kappa shape index (κ3) is 4.54.